The molecule has 0 aliphatic carbocycles. The average Bonchev–Trinajstić information content (AvgIpc) is 3.20. The van der Waals surface area contributed by atoms with Gasteiger partial charge < -0.3 is 5.32 Å². The second-order valence-electron chi connectivity index (χ2n) is 6.78. The van der Waals surface area contributed by atoms with E-state index in [0.29, 0.717) is 19.5 Å². The van der Waals surface area contributed by atoms with E-state index in [4.69, 9.17) is 0 Å². The highest BCUT2D eigenvalue weighted by molar-refractivity contribution is 7.91. The maximum Gasteiger partial charge on any atom is 0.234 e. The van der Waals surface area contributed by atoms with Crippen molar-refractivity contribution in [1.82, 2.24) is 20.0 Å². The first-order chi connectivity index (χ1) is 12.4. The average molecular weight is 376 g/mol. The predicted octanol–water partition coefficient (Wildman–Crippen LogP) is 0.667. The summed E-state index contributed by atoms with van der Waals surface area (Å²) in [7, 11) is -1.14. The summed E-state index contributed by atoms with van der Waals surface area (Å²) in [6.07, 6.45) is 4.26. The van der Waals surface area contributed by atoms with Crippen LogP contribution in [0.25, 0.3) is 0 Å². The molecule has 0 saturated carbocycles. The van der Waals surface area contributed by atoms with Gasteiger partial charge in [0.25, 0.3) is 0 Å². The van der Waals surface area contributed by atoms with Crippen LogP contribution in [0.3, 0.4) is 0 Å². The van der Waals surface area contributed by atoms with Crippen molar-refractivity contribution < 1.29 is 13.2 Å². The Bertz CT molecular complexity index is 848. The molecule has 1 unspecified atom stereocenters. The number of amides is 1. The normalized spacial score (nSPS) is 18.9. The zero-order valence-electron chi connectivity index (χ0n) is 14.8. The standard InChI is InChI=1S/C18H24N4O3S/c1-21(17-7-8-26(24,25)14-17)13-18(23)19-9-16-10-20-22(12-16)11-15-5-3-2-4-6-15/h2-6,10,12,17H,7-9,11,13-14H2,1H3,(H,19,23). The van der Waals surface area contributed by atoms with Gasteiger partial charge in [0.1, 0.15) is 0 Å². The largest absolute Gasteiger partial charge is 0.351 e. The van der Waals surface area contributed by atoms with Crippen LogP contribution in [0.1, 0.15) is 17.5 Å². The second-order valence-corrected chi connectivity index (χ2v) is 9.01. The Balaban J connectivity index is 1.45. The molecule has 0 bridgehead atoms. The quantitative estimate of drug-likeness (QED) is 0.768. The number of aromatic nitrogens is 2. The second kappa shape index (κ2) is 8.01. The molecule has 1 aromatic heterocycles. The number of sulfone groups is 1. The van der Waals surface area contributed by atoms with Gasteiger partial charge in [0.05, 0.1) is 30.8 Å². The van der Waals surface area contributed by atoms with Crippen LogP contribution in [0, 0.1) is 0 Å². The fourth-order valence-corrected chi connectivity index (χ4v) is 4.90. The number of nitrogens with zero attached hydrogens (tertiary/aromatic N) is 3. The van der Waals surface area contributed by atoms with Gasteiger partial charge >= 0.3 is 0 Å². The SMILES string of the molecule is CN(CC(=O)NCc1cnn(Cc2ccccc2)c1)C1CCS(=O)(=O)C1. The highest BCUT2D eigenvalue weighted by atomic mass is 32.2. The Morgan fingerprint density at radius 3 is 2.77 bits per heavy atom. The molecule has 1 atom stereocenters. The molecule has 1 saturated heterocycles. The number of carbonyl (C=O) groups excluding carboxylic acids is 1. The van der Waals surface area contributed by atoms with E-state index in [1.165, 1.54) is 5.56 Å². The molecule has 0 spiro atoms. The smallest absolute Gasteiger partial charge is 0.234 e. The molecular weight excluding hydrogens is 352 g/mol. The van der Waals surface area contributed by atoms with Gasteiger partial charge in [-0.3, -0.25) is 14.4 Å². The van der Waals surface area contributed by atoms with E-state index in [0.717, 1.165) is 5.56 Å². The fourth-order valence-electron chi connectivity index (χ4n) is 3.09. The molecule has 2 heterocycles. The zero-order valence-corrected chi connectivity index (χ0v) is 15.7. The van der Waals surface area contributed by atoms with Crippen LogP contribution in [0.15, 0.2) is 42.7 Å². The van der Waals surface area contributed by atoms with E-state index >= 15 is 0 Å². The van der Waals surface area contributed by atoms with E-state index in [-0.39, 0.29) is 30.0 Å². The van der Waals surface area contributed by atoms with Crippen molar-refractivity contribution in [2.45, 2.75) is 25.6 Å². The number of benzene rings is 1. The van der Waals surface area contributed by atoms with Crippen LogP contribution >= 0.6 is 0 Å². The molecule has 1 fully saturated rings. The van der Waals surface area contributed by atoms with Gasteiger partial charge in [0, 0.05) is 24.3 Å². The van der Waals surface area contributed by atoms with Gasteiger partial charge in [-0.15, -0.1) is 0 Å². The van der Waals surface area contributed by atoms with Gasteiger partial charge in [0.2, 0.25) is 5.91 Å². The van der Waals surface area contributed by atoms with Crippen molar-refractivity contribution in [2.24, 2.45) is 0 Å². The van der Waals surface area contributed by atoms with Crippen molar-refractivity contribution >= 4 is 15.7 Å². The predicted molar refractivity (Wildman–Crippen MR) is 99.3 cm³/mol. The summed E-state index contributed by atoms with van der Waals surface area (Å²) in [5, 5.41) is 7.19. The Morgan fingerprint density at radius 1 is 1.31 bits per heavy atom. The van der Waals surface area contributed by atoms with Gasteiger partial charge in [-0.05, 0) is 19.0 Å². The molecule has 7 nitrogen and oxygen atoms in total. The van der Waals surface area contributed by atoms with Crippen LogP contribution in [-0.4, -0.2) is 60.1 Å². The van der Waals surface area contributed by atoms with Crippen molar-refractivity contribution in [3.63, 3.8) is 0 Å². The zero-order chi connectivity index (χ0) is 18.6. The molecule has 0 radical (unpaired) electrons. The molecule has 1 aliphatic rings. The Kier molecular flexibility index (Phi) is 5.73. The lowest BCUT2D eigenvalue weighted by atomic mass is 10.2. The van der Waals surface area contributed by atoms with E-state index in [1.54, 1.807) is 13.2 Å². The molecule has 140 valence electrons. The molecule has 1 aromatic carbocycles. The summed E-state index contributed by atoms with van der Waals surface area (Å²) >= 11 is 0. The lowest BCUT2D eigenvalue weighted by Crippen LogP contribution is -2.40. The van der Waals surface area contributed by atoms with Crippen LogP contribution in [0.2, 0.25) is 0 Å². The molecule has 1 amide bonds. The molecular formula is C18H24N4O3S. The minimum absolute atomic E-state index is 0.0700. The summed E-state index contributed by atoms with van der Waals surface area (Å²) in [5.74, 6) is 0.236. The number of hydrogen-bond donors (Lipinski definition) is 1. The summed E-state index contributed by atoms with van der Waals surface area (Å²) in [6, 6.07) is 9.98. The molecule has 1 aliphatic heterocycles. The van der Waals surface area contributed by atoms with Crippen LogP contribution in [0.5, 0.6) is 0 Å². The van der Waals surface area contributed by atoms with E-state index < -0.39 is 9.84 Å². The van der Waals surface area contributed by atoms with Crippen molar-refractivity contribution in [3.05, 3.63) is 53.9 Å². The van der Waals surface area contributed by atoms with Gasteiger partial charge in [-0.2, -0.15) is 5.10 Å². The van der Waals surface area contributed by atoms with Crippen molar-refractivity contribution in [2.75, 3.05) is 25.1 Å². The summed E-state index contributed by atoms with van der Waals surface area (Å²) in [5.41, 5.74) is 2.10. The Morgan fingerprint density at radius 2 is 2.08 bits per heavy atom. The third-order valence-electron chi connectivity index (χ3n) is 4.59. The number of hydrogen-bond acceptors (Lipinski definition) is 5. The van der Waals surface area contributed by atoms with Crippen LogP contribution < -0.4 is 5.32 Å². The molecule has 3 rings (SSSR count). The third-order valence-corrected chi connectivity index (χ3v) is 6.34. The Labute approximate surface area is 153 Å². The van der Waals surface area contributed by atoms with Gasteiger partial charge in [-0.1, -0.05) is 30.3 Å². The summed E-state index contributed by atoms with van der Waals surface area (Å²) in [6.45, 7) is 1.29. The number of rotatable bonds is 7. The summed E-state index contributed by atoms with van der Waals surface area (Å²) < 4.78 is 24.9. The lowest BCUT2D eigenvalue weighted by molar-refractivity contribution is -0.122. The van der Waals surface area contributed by atoms with Gasteiger partial charge in [0.15, 0.2) is 9.84 Å². The molecule has 2 aromatic rings. The van der Waals surface area contributed by atoms with Gasteiger partial charge in [-0.25, -0.2) is 8.42 Å². The first-order valence-electron chi connectivity index (χ1n) is 8.64. The molecule has 8 heteroatoms. The summed E-state index contributed by atoms with van der Waals surface area (Å²) in [4.78, 5) is 13.9. The van der Waals surface area contributed by atoms with Crippen LogP contribution in [0.4, 0.5) is 0 Å². The Hall–Kier alpha value is -2.19. The lowest BCUT2D eigenvalue weighted by Gasteiger charge is -2.22. The minimum Gasteiger partial charge on any atom is -0.351 e. The highest BCUT2D eigenvalue weighted by Gasteiger charge is 2.31. The fraction of sp³-hybridized carbons (Fsp3) is 0.444. The minimum atomic E-state index is -2.94. The van der Waals surface area contributed by atoms with Crippen molar-refractivity contribution in [1.29, 1.82) is 0 Å². The van der Waals surface area contributed by atoms with Crippen molar-refractivity contribution in [3.8, 4) is 0 Å². The monoisotopic (exact) mass is 376 g/mol. The maximum atomic E-state index is 12.1. The maximum absolute atomic E-state index is 12.1. The number of carbonyl (C=O) groups is 1. The number of nitrogens with one attached hydrogen (secondary N) is 1. The third kappa shape index (κ3) is 5.15. The first-order valence-corrected chi connectivity index (χ1v) is 10.5. The molecule has 1 N–H and O–H groups in total. The first kappa shape index (κ1) is 18.6. The number of likely N-dealkylation sites (N-methyl/N-ethyl adjacent to an activating group) is 1. The van der Waals surface area contributed by atoms with E-state index in [1.807, 2.05) is 46.1 Å². The van der Waals surface area contributed by atoms with E-state index in [9.17, 15) is 13.2 Å². The highest BCUT2D eigenvalue weighted by Crippen LogP contribution is 2.16. The molecule has 26 heavy (non-hydrogen) atoms. The van der Waals surface area contributed by atoms with E-state index in [2.05, 4.69) is 10.4 Å². The topological polar surface area (TPSA) is 84.3 Å². The van der Waals surface area contributed by atoms with Crippen LogP contribution in [-0.2, 0) is 27.7 Å².